The average Bonchev–Trinajstić information content (AvgIpc) is 1.55. The summed E-state index contributed by atoms with van der Waals surface area (Å²) in [5, 5.41) is 0. The highest BCUT2D eigenvalue weighted by molar-refractivity contribution is 7.46. The lowest BCUT2D eigenvalue weighted by molar-refractivity contribution is -0.870. The maximum Gasteiger partial charge on any atom is 0.469 e. The van der Waals surface area contributed by atoms with Crippen LogP contribution in [-0.2, 0) is 9.09 Å². The predicted octanol–water partition coefficient (Wildman–Crippen LogP) is -1.02. The highest BCUT2D eigenvalue weighted by Crippen LogP contribution is 2.35. The number of quaternary nitrogens is 1. The van der Waals surface area contributed by atoms with Crippen LogP contribution in [0.3, 0.4) is 0 Å². The summed E-state index contributed by atoms with van der Waals surface area (Å²) in [6.07, 6.45) is 0. The summed E-state index contributed by atoms with van der Waals surface area (Å²) in [6.45, 7) is 0.652. The molecule has 12 heavy (non-hydrogen) atoms. The summed E-state index contributed by atoms with van der Waals surface area (Å²) in [6, 6.07) is 0. The highest BCUT2D eigenvalue weighted by atomic mass is 31.2. The fraction of sp³-hybridized carbons (Fsp3) is 1.00. The summed E-state index contributed by atoms with van der Waals surface area (Å²) < 4.78 is 15.1. The van der Waals surface area contributed by atoms with Gasteiger partial charge in [-0.3, -0.25) is 4.52 Å². The van der Waals surface area contributed by atoms with E-state index >= 15 is 0 Å². The van der Waals surface area contributed by atoms with Gasteiger partial charge in [0, 0.05) is 0 Å². The standard InChI is InChI=1S/C5H14NO4P.H2O/c1-6(2,3)4-5-10-11(7,8)9;/h4-5H2,1-3H3,(H-,7,8,9);1H2/p+1. The molecule has 0 aliphatic carbocycles. The minimum Gasteiger partial charge on any atom is -0.412 e. The minimum atomic E-state index is -4.26. The Morgan fingerprint density at radius 2 is 1.75 bits per heavy atom. The molecule has 0 amide bonds. The van der Waals surface area contributed by atoms with Crippen molar-refractivity contribution in [2.45, 2.75) is 0 Å². The smallest absolute Gasteiger partial charge is 0.412 e. The third kappa shape index (κ3) is 12.7. The molecule has 0 fully saturated rings. The Balaban J connectivity index is 0. The third-order valence-corrected chi connectivity index (χ3v) is 1.54. The van der Waals surface area contributed by atoms with E-state index in [9.17, 15) is 4.57 Å². The van der Waals surface area contributed by atoms with E-state index in [0.717, 1.165) is 0 Å². The van der Waals surface area contributed by atoms with Crippen LogP contribution < -0.4 is 0 Å². The molecule has 7 heteroatoms. The summed E-state index contributed by atoms with van der Waals surface area (Å²) in [5.74, 6) is 0. The van der Waals surface area contributed by atoms with E-state index < -0.39 is 7.82 Å². The molecule has 4 N–H and O–H groups in total. The number of likely N-dealkylation sites (N-methyl/N-ethyl adjacent to an activating group) is 1. The van der Waals surface area contributed by atoms with Crippen LogP contribution in [0.1, 0.15) is 0 Å². The van der Waals surface area contributed by atoms with Crippen LogP contribution in [0.5, 0.6) is 0 Å². The van der Waals surface area contributed by atoms with E-state index in [1.807, 2.05) is 21.1 Å². The summed E-state index contributed by atoms with van der Waals surface area (Å²) in [7, 11) is 1.50. The molecule has 0 saturated heterocycles. The van der Waals surface area contributed by atoms with Crippen LogP contribution in [0.4, 0.5) is 0 Å². The maximum absolute atomic E-state index is 10.2. The van der Waals surface area contributed by atoms with Crippen molar-refractivity contribution in [1.82, 2.24) is 0 Å². The Morgan fingerprint density at radius 3 is 2.00 bits per heavy atom. The van der Waals surface area contributed by atoms with Crippen molar-refractivity contribution in [2.75, 3.05) is 34.3 Å². The van der Waals surface area contributed by atoms with Crippen LogP contribution >= 0.6 is 7.82 Å². The Labute approximate surface area is 71.9 Å². The van der Waals surface area contributed by atoms with Gasteiger partial charge in [-0.15, -0.1) is 0 Å². The van der Waals surface area contributed by atoms with E-state index in [-0.39, 0.29) is 12.1 Å². The van der Waals surface area contributed by atoms with Gasteiger partial charge in [0.2, 0.25) is 0 Å². The van der Waals surface area contributed by atoms with Crippen LogP contribution in [-0.4, -0.2) is 54.0 Å². The Kier molecular flexibility index (Phi) is 5.96. The lowest BCUT2D eigenvalue weighted by Crippen LogP contribution is -2.37. The number of rotatable bonds is 4. The normalized spacial score (nSPS) is 12.4. The van der Waals surface area contributed by atoms with Gasteiger partial charge in [-0.2, -0.15) is 0 Å². The zero-order valence-corrected chi connectivity index (χ0v) is 8.41. The van der Waals surface area contributed by atoms with Crippen LogP contribution in [0, 0.1) is 0 Å². The van der Waals surface area contributed by atoms with Gasteiger partial charge in [0.25, 0.3) is 0 Å². The molecule has 0 heterocycles. The van der Waals surface area contributed by atoms with Gasteiger partial charge in [-0.1, -0.05) is 0 Å². The number of phosphoric ester groups is 1. The van der Waals surface area contributed by atoms with Gasteiger partial charge < -0.3 is 19.7 Å². The fourth-order valence-electron chi connectivity index (χ4n) is 0.434. The average molecular weight is 202 g/mol. The number of hydrogen-bond acceptors (Lipinski definition) is 2. The first-order chi connectivity index (χ1) is 4.71. The van der Waals surface area contributed by atoms with E-state index in [1.54, 1.807) is 0 Å². The second-order valence-electron chi connectivity index (χ2n) is 3.34. The van der Waals surface area contributed by atoms with Crippen LogP contribution in [0.15, 0.2) is 0 Å². The van der Waals surface area contributed by atoms with E-state index in [2.05, 4.69) is 4.52 Å². The molecule has 0 aromatic rings. The van der Waals surface area contributed by atoms with E-state index in [0.29, 0.717) is 11.0 Å². The van der Waals surface area contributed by atoms with Gasteiger partial charge in [0.05, 0.1) is 21.1 Å². The van der Waals surface area contributed by atoms with Gasteiger partial charge >= 0.3 is 7.82 Å². The van der Waals surface area contributed by atoms with Crippen LogP contribution in [0.2, 0.25) is 0 Å². The summed E-state index contributed by atoms with van der Waals surface area (Å²) in [4.78, 5) is 16.6. The van der Waals surface area contributed by atoms with E-state index in [4.69, 9.17) is 9.79 Å². The molecule has 6 nitrogen and oxygen atoms in total. The molecular weight excluding hydrogens is 185 g/mol. The Hall–Kier alpha value is 0.0300. The molecule has 0 atom stereocenters. The van der Waals surface area contributed by atoms with Crippen LogP contribution in [0.25, 0.3) is 0 Å². The van der Waals surface area contributed by atoms with Crippen molar-refractivity contribution in [1.29, 1.82) is 0 Å². The monoisotopic (exact) mass is 202 g/mol. The molecule has 0 aliphatic rings. The molecule has 0 bridgehead atoms. The highest BCUT2D eigenvalue weighted by Gasteiger charge is 2.15. The first kappa shape index (κ1) is 14.5. The molecule has 0 aromatic carbocycles. The molecular formula is C5H17NO5P+. The first-order valence-corrected chi connectivity index (χ1v) is 4.74. The van der Waals surface area contributed by atoms with Gasteiger partial charge in [0.15, 0.2) is 0 Å². The third-order valence-electron chi connectivity index (χ3n) is 1.02. The lowest BCUT2D eigenvalue weighted by atomic mass is 10.5. The van der Waals surface area contributed by atoms with Crippen molar-refractivity contribution >= 4 is 7.82 Å². The van der Waals surface area contributed by atoms with Crippen molar-refractivity contribution in [3.63, 3.8) is 0 Å². The Bertz CT molecular complexity index is 160. The molecule has 0 saturated carbocycles. The molecule has 0 aromatic heterocycles. The summed E-state index contributed by atoms with van der Waals surface area (Å²) >= 11 is 0. The van der Waals surface area contributed by atoms with Gasteiger partial charge in [-0.25, -0.2) is 4.57 Å². The zero-order valence-electron chi connectivity index (χ0n) is 7.52. The van der Waals surface area contributed by atoms with Gasteiger partial charge in [-0.05, 0) is 0 Å². The summed E-state index contributed by atoms with van der Waals surface area (Å²) in [5.41, 5.74) is 0. The van der Waals surface area contributed by atoms with Crippen molar-refractivity contribution in [3.05, 3.63) is 0 Å². The van der Waals surface area contributed by atoms with E-state index in [1.165, 1.54) is 0 Å². The molecule has 0 unspecified atom stereocenters. The lowest BCUT2D eigenvalue weighted by Gasteiger charge is -2.23. The fourth-order valence-corrected chi connectivity index (χ4v) is 0.753. The van der Waals surface area contributed by atoms with Gasteiger partial charge in [0.1, 0.15) is 13.2 Å². The second kappa shape index (κ2) is 4.91. The molecule has 0 spiro atoms. The quantitative estimate of drug-likeness (QED) is 0.450. The molecule has 0 rings (SSSR count). The molecule has 0 aliphatic heterocycles. The van der Waals surface area contributed by atoms with Crippen molar-refractivity contribution < 1.29 is 28.8 Å². The molecule has 76 valence electrons. The number of hydrogen-bond donors (Lipinski definition) is 2. The molecule has 0 radical (unpaired) electrons. The topological polar surface area (TPSA) is 98.3 Å². The second-order valence-corrected chi connectivity index (χ2v) is 4.58. The Morgan fingerprint density at radius 1 is 1.33 bits per heavy atom. The number of nitrogens with zero attached hydrogens (tertiary/aromatic N) is 1. The zero-order chi connectivity index (χ0) is 9.12. The SMILES string of the molecule is C[N+](C)(C)CCOP(=O)(O)O.O. The largest absolute Gasteiger partial charge is 0.469 e. The van der Waals surface area contributed by atoms with Crippen molar-refractivity contribution in [3.8, 4) is 0 Å². The maximum atomic E-state index is 10.2. The first-order valence-electron chi connectivity index (χ1n) is 3.21. The number of phosphoric acid groups is 1. The van der Waals surface area contributed by atoms with Crippen molar-refractivity contribution in [2.24, 2.45) is 0 Å². The predicted molar refractivity (Wildman–Crippen MR) is 44.5 cm³/mol. The minimum absolute atomic E-state index is 0.